The predicted octanol–water partition coefficient (Wildman–Crippen LogP) is 2.44. The van der Waals surface area contributed by atoms with Gasteiger partial charge in [-0.2, -0.15) is 0 Å². The van der Waals surface area contributed by atoms with Crippen LogP contribution in [-0.2, 0) is 10.2 Å². The number of methoxy groups -OCH3 is 2. The summed E-state index contributed by atoms with van der Waals surface area (Å²) in [5.41, 5.74) is 1.48. The quantitative estimate of drug-likeness (QED) is 0.921. The minimum absolute atomic E-state index is 0.0592. The molecule has 2 aliphatic heterocycles. The number of rotatable bonds is 3. The molecule has 0 saturated carbocycles. The van der Waals surface area contributed by atoms with Gasteiger partial charge in [0, 0.05) is 18.8 Å². The average molecular weight is 352 g/mol. The zero-order valence-electron chi connectivity index (χ0n) is 14.7. The van der Waals surface area contributed by atoms with Crippen molar-refractivity contribution in [3.63, 3.8) is 0 Å². The molecule has 2 amide bonds. The van der Waals surface area contributed by atoms with E-state index >= 15 is 0 Å². The van der Waals surface area contributed by atoms with Gasteiger partial charge in [0.2, 0.25) is 5.91 Å². The first-order chi connectivity index (χ1) is 12.6. The number of nitrogens with one attached hydrogen (secondary N) is 1. The molecule has 2 aromatic carbocycles. The van der Waals surface area contributed by atoms with Crippen molar-refractivity contribution < 1.29 is 19.1 Å². The van der Waals surface area contributed by atoms with E-state index in [-0.39, 0.29) is 11.8 Å². The van der Waals surface area contributed by atoms with Crippen LogP contribution in [-0.4, -0.2) is 44.0 Å². The van der Waals surface area contributed by atoms with Crippen LogP contribution in [0.5, 0.6) is 11.5 Å². The van der Waals surface area contributed by atoms with Gasteiger partial charge in [-0.3, -0.25) is 9.59 Å². The number of hydrogen-bond acceptors (Lipinski definition) is 4. The Morgan fingerprint density at radius 3 is 2.73 bits per heavy atom. The maximum Gasteiger partial charge on any atom is 0.257 e. The lowest BCUT2D eigenvalue weighted by atomic mass is 9.81. The normalized spacial score (nSPS) is 20.8. The van der Waals surface area contributed by atoms with Gasteiger partial charge in [-0.25, -0.2) is 0 Å². The van der Waals surface area contributed by atoms with Gasteiger partial charge in [0.25, 0.3) is 5.91 Å². The molecule has 2 aliphatic rings. The standard InChI is InChI=1S/C20H20N2O4/c1-25-13-7-8-16-15(11-13)20(19(24)21-16)9-10-22(12-20)18(23)14-5-3-4-6-17(14)26-2/h3-8,11H,9-10,12H2,1-2H3,(H,21,24)/t20-/m0/s1. The number of nitrogens with zero attached hydrogens (tertiary/aromatic N) is 1. The predicted molar refractivity (Wildman–Crippen MR) is 96.8 cm³/mol. The smallest absolute Gasteiger partial charge is 0.257 e. The van der Waals surface area contributed by atoms with E-state index in [1.165, 1.54) is 0 Å². The van der Waals surface area contributed by atoms with E-state index in [1.54, 1.807) is 31.3 Å². The first-order valence-corrected chi connectivity index (χ1v) is 8.51. The Labute approximate surface area is 151 Å². The van der Waals surface area contributed by atoms with E-state index in [9.17, 15) is 9.59 Å². The van der Waals surface area contributed by atoms with Crippen LogP contribution < -0.4 is 14.8 Å². The van der Waals surface area contributed by atoms with Gasteiger partial charge in [-0.15, -0.1) is 0 Å². The fraction of sp³-hybridized carbons (Fsp3) is 0.300. The molecule has 2 heterocycles. The number of hydrogen-bond donors (Lipinski definition) is 1. The Kier molecular flexibility index (Phi) is 3.83. The third-order valence-corrected chi connectivity index (χ3v) is 5.32. The van der Waals surface area contributed by atoms with Crippen molar-refractivity contribution in [1.82, 2.24) is 4.90 Å². The highest BCUT2D eigenvalue weighted by atomic mass is 16.5. The third-order valence-electron chi connectivity index (χ3n) is 5.32. The van der Waals surface area contributed by atoms with Crippen LogP contribution >= 0.6 is 0 Å². The molecular weight excluding hydrogens is 332 g/mol. The third kappa shape index (κ3) is 2.33. The molecule has 4 rings (SSSR count). The number of carbonyl (C=O) groups excluding carboxylic acids is 2. The van der Waals surface area contributed by atoms with Crippen LogP contribution in [0.4, 0.5) is 5.69 Å². The lowest BCUT2D eigenvalue weighted by Crippen LogP contribution is -2.39. The number of para-hydroxylation sites is 1. The van der Waals surface area contributed by atoms with E-state index in [2.05, 4.69) is 5.32 Å². The van der Waals surface area contributed by atoms with E-state index in [4.69, 9.17) is 9.47 Å². The van der Waals surface area contributed by atoms with Gasteiger partial charge >= 0.3 is 0 Å². The van der Waals surface area contributed by atoms with Crippen molar-refractivity contribution in [3.8, 4) is 11.5 Å². The highest BCUT2D eigenvalue weighted by Gasteiger charge is 2.52. The number of benzene rings is 2. The van der Waals surface area contributed by atoms with Crippen LogP contribution in [0, 0.1) is 0 Å². The van der Waals surface area contributed by atoms with Crippen molar-refractivity contribution in [3.05, 3.63) is 53.6 Å². The fourth-order valence-corrected chi connectivity index (χ4v) is 3.90. The molecular formula is C20H20N2O4. The average Bonchev–Trinajstić information content (AvgIpc) is 3.24. The maximum absolute atomic E-state index is 13.0. The fourth-order valence-electron chi connectivity index (χ4n) is 3.90. The number of amides is 2. The topological polar surface area (TPSA) is 67.9 Å². The van der Waals surface area contributed by atoms with Gasteiger partial charge in [-0.05, 0) is 42.3 Å². The molecule has 0 aromatic heterocycles. The highest BCUT2D eigenvalue weighted by Crippen LogP contribution is 2.45. The van der Waals surface area contributed by atoms with Gasteiger partial charge in [-0.1, -0.05) is 12.1 Å². The lowest BCUT2D eigenvalue weighted by molar-refractivity contribution is -0.120. The van der Waals surface area contributed by atoms with Crippen molar-refractivity contribution in [2.45, 2.75) is 11.8 Å². The molecule has 0 unspecified atom stereocenters. The summed E-state index contributed by atoms with van der Waals surface area (Å²) in [6.07, 6.45) is 0.583. The number of likely N-dealkylation sites (tertiary alicyclic amines) is 1. The molecule has 0 aliphatic carbocycles. The Balaban J connectivity index is 1.67. The van der Waals surface area contributed by atoms with Gasteiger partial charge < -0.3 is 19.7 Å². The number of ether oxygens (including phenoxy) is 2. The number of fused-ring (bicyclic) bond motifs is 2. The summed E-state index contributed by atoms with van der Waals surface area (Å²) in [5, 5.41) is 2.95. The Morgan fingerprint density at radius 2 is 1.96 bits per heavy atom. The van der Waals surface area contributed by atoms with E-state index < -0.39 is 5.41 Å². The van der Waals surface area contributed by atoms with Gasteiger partial charge in [0.1, 0.15) is 11.5 Å². The monoisotopic (exact) mass is 352 g/mol. The number of carbonyl (C=O) groups is 2. The maximum atomic E-state index is 13.0. The molecule has 26 heavy (non-hydrogen) atoms. The summed E-state index contributed by atoms with van der Waals surface area (Å²) in [6, 6.07) is 12.7. The zero-order chi connectivity index (χ0) is 18.3. The second kappa shape index (κ2) is 6.05. The Bertz CT molecular complexity index is 895. The highest BCUT2D eigenvalue weighted by molar-refractivity contribution is 6.08. The van der Waals surface area contributed by atoms with E-state index in [1.807, 2.05) is 30.3 Å². The first kappa shape index (κ1) is 16.4. The van der Waals surface area contributed by atoms with E-state index in [0.29, 0.717) is 36.6 Å². The summed E-state index contributed by atoms with van der Waals surface area (Å²) in [7, 11) is 3.15. The summed E-state index contributed by atoms with van der Waals surface area (Å²) in [6.45, 7) is 0.858. The molecule has 1 fully saturated rings. The Morgan fingerprint density at radius 1 is 1.15 bits per heavy atom. The summed E-state index contributed by atoms with van der Waals surface area (Å²) < 4.78 is 10.6. The van der Waals surface area contributed by atoms with Crippen LogP contribution in [0.2, 0.25) is 0 Å². The van der Waals surface area contributed by atoms with Crippen LogP contribution in [0.25, 0.3) is 0 Å². The van der Waals surface area contributed by atoms with Gasteiger partial charge in [0.05, 0.1) is 25.2 Å². The summed E-state index contributed by atoms with van der Waals surface area (Å²) in [5.74, 6) is 1.06. The van der Waals surface area contributed by atoms with Crippen LogP contribution in [0.3, 0.4) is 0 Å². The SMILES string of the molecule is COc1ccc2c(c1)[C@@]1(CCN(C(=O)c3ccccc3OC)C1)C(=O)N2. The molecule has 1 atom stereocenters. The molecule has 1 N–H and O–H groups in total. The summed E-state index contributed by atoms with van der Waals surface area (Å²) >= 11 is 0. The molecule has 2 aromatic rings. The largest absolute Gasteiger partial charge is 0.497 e. The Hall–Kier alpha value is -3.02. The second-order valence-electron chi connectivity index (χ2n) is 6.62. The zero-order valence-corrected chi connectivity index (χ0v) is 14.7. The van der Waals surface area contributed by atoms with Crippen LogP contribution in [0.1, 0.15) is 22.3 Å². The van der Waals surface area contributed by atoms with Crippen LogP contribution in [0.15, 0.2) is 42.5 Å². The minimum atomic E-state index is -0.721. The first-order valence-electron chi connectivity index (χ1n) is 8.51. The molecule has 6 nitrogen and oxygen atoms in total. The molecule has 1 saturated heterocycles. The van der Waals surface area contributed by atoms with Crippen molar-refractivity contribution in [1.29, 1.82) is 0 Å². The van der Waals surface area contributed by atoms with E-state index in [0.717, 1.165) is 11.3 Å². The second-order valence-corrected chi connectivity index (χ2v) is 6.62. The molecule has 6 heteroatoms. The lowest BCUT2D eigenvalue weighted by Gasteiger charge is -2.23. The van der Waals surface area contributed by atoms with Crippen molar-refractivity contribution in [2.24, 2.45) is 0 Å². The molecule has 134 valence electrons. The molecule has 0 radical (unpaired) electrons. The van der Waals surface area contributed by atoms with Gasteiger partial charge in [0.15, 0.2) is 0 Å². The summed E-state index contributed by atoms with van der Waals surface area (Å²) in [4.78, 5) is 27.5. The molecule has 1 spiro atoms. The van der Waals surface area contributed by atoms with Crippen molar-refractivity contribution >= 4 is 17.5 Å². The molecule has 0 bridgehead atoms. The number of anilines is 1. The minimum Gasteiger partial charge on any atom is -0.497 e. The van der Waals surface area contributed by atoms with Crippen molar-refractivity contribution in [2.75, 3.05) is 32.6 Å².